The van der Waals surface area contributed by atoms with Crippen molar-refractivity contribution in [1.82, 2.24) is 14.8 Å². The molecule has 3 rings (SSSR count). The number of amides is 2. The van der Waals surface area contributed by atoms with Gasteiger partial charge in [0.05, 0.1) is 12.5 Å². The molecule has 0 saturated carbocycles. The van der Waals surface area contributed by atoms with E-state index in [1.54, 1.807) is 4.68 Å². The number of rotatable bonds is 2. The molecule has 1 atom stereocenters. The SMILES string of the molecule is CC(=O)Nc1nc2n(n1)[C@@H](c1ccccc1)CC(=O)N2. The zero-order chi connectivity index (χ0) is 14.1. The van der Waals surface area contributed by atoms with Gasteiger partial charge in [-0.05, 0) is 5.56 Å². The van der Waals surface area contributed by atoms with E-state index < -0.39 is 0 Å². The molecule has 1 aliphatic heterocycles. The van der Waals surface area contributed by atoms with Crippen LogP contribution in [0.2, 0.25) is 0 Å². The van der Waals surface area contributed by atoms with Crippen molar-refractivity contribution in [1.29, 1.82) is 0 Å². The predicted molar refractivity (Wildman–Crippen MR) is 72.2 cm³/mol. The number of benzene rings is 1. The van der Waals surface area contributed by atoms with Crippen molar-refractivity contribution in [2.45, 2.75) is 19.4 Å². The molecule has 7 heteroatoms. The van der Waals surface area contributed by atoms with Crippen LogP contribution in [0.15, 0.2) is 30.3 Å². The number of anilines is 2. The van der Waals surface area contributed by atoms with Crippen LogP contribution in [0.3, 0.4) is 0 Å². The summed E-state index contributed by atoms with van der Waals surface area (Å²) >= 11 is 0. The normalized spacial score (nSPS) is 17.2. The molecule has 1 aromatic carbocycles. The van der Waals surface area contributed by atoms with Crippen molar-refractivity contribution in [2.75, 3.05) is 10.6 Å². The van der Waals surface area contributed by atoms with E-state index in [2.05, 4.69) is 20.7 Å². The van der Waals surface area contributed by atoms with Gasteiger partial charge in [-0.15, -0.1) is 5.10 Å². The van der Waals surface area contributed by atoms with Gasteiger partial charge in [-0.1, -0.05) is 30.3 Å². The second-order valence-electron chi connectivity index (χ2n) is 4.56. The summed E-state index contributed by atoms with van der Waals surface area (Å²) < 4.78 is 1.63. The van der Waals surface area contributed by atoms with Crippen molar-refractivity contribution in [3.63, 3.8) is 0 Å². The van der Waals surface area contributed by atoms with Gasteiger partial charge in [0.15, 0.2) is 0 Å². The van der Waals surface area contributed by atoms with Crippen molar-refractivity contribution >= 4 is 23.7 Å². The molecule has 0 saturated heterocycles. The van der Waals surface area contributed by atoms with Crippen LogP contribution in [0, 0.1) is 0 Å². The molecule has 0 unspecified atom stereocenters. The maximum absolute atomic E-state index is 11.8. The van der Waals surface area contributed by atoms with E-state index in [9.17, 15) is 9.59 Å². The van der Waals surface area contributed by atoms with E-state index in [0.717, 1.165) is 5.56 Å². The number of nitrogens with zero attached hydrogens (tertiary/aromatic N) is 3. The predicted octanol–water partition coefficient (Wildman–Crippen LogP) is 1.17. The Morgan fingerprint density at radius 1 is 1.40 bits per heavy atom. The van der Waals surface area contributed by atoms with Gasteiger partial charge in [0, 0.05) is 6.92 Å². The molecule has 0 radical (unpaired) electrons. The minimum absolute atomic E-state index is 0.117. The number of nitrogens with one attached hydrogen (secondary N) is 2. The van der Waals surface area contributed by atoms with Gasteiger partial charge in [0.25, 0.3) is 5.95 Å². The number of aromatic nitrogens is 3. The fourth-order valence-electron chi connectivity index (χ4n) is 2.21. The molecule has 1 aliphatic rings. The van der Waals surface area contributed by atoms with E-state index in [1.807, 2.05) is 30.3 Å². The van der Waals surface area contributed by atoms with E-state index in [4.69, 9.17) is 0 Å². The third-order valence-corrected chi connectivity index (χ3v) is 3.03. The van der Waals surface area contributed by atoms with Gasteiger partial charge in [0.1, 0.15) is 0 Å². The zero-order valence-corrected chi connectivity index (χ0v) is 10.8. The van der Waals surface area contributed by atoms with E-state index in [0.29, 0.717) is 12.4 Å². The summed E-state index contributed by atoms with van der Waals surface area (Å²) in [5, 5.41) is 9.41. The molecular formula is C13H13N5O2. The van der Waals surface area contributed by atoms with Gasteiger partial charge >= 0.3 is 0 Å². The monoisotopic (exact) mass is 271 g/mol. The molecule has 1 aromatic heterocycles. The lowest BCUT2D eigenvalue weighted by Gasteiger charge is -2.23. The van der Waals surface area contributed by atoms with Crippen LogP contribution < -0.4 is 10.6 Å². The minimum Gasteiger partial charge on any atom is -0.295 e. The molecule has 2 aromatic rings. The van der Waals surface area contributed by atoms with Crippen LogP contribution in [0.5, 0.6) is 0 Å². The first kappa shape index (κ1) is 12.3. The number of hydrogen-bond acceptors (Lipinski definition) is 4. The van der Waals surface area contributed by atoms with Crippen molar-refractivity contribution in [3.05, 3.63) is 35.9 Å². The zero-order valence-electron chi connectivity index (χ0n) is 10.8. The molecule has 2 heterocycles. The van der Waals surface area contributed by atoms with E-state index >= 15 is 0 Å². The molecule has 20 heavy (non-hydrogen) atoms. The second kappa shape index (κ2) is 4.76. The van der Waals surface area contributed by atoms with Crippen LogP contribution in [0.4, 0.5) is 11.9 Å². The van der Waals surface area contributed by atoms with Crippen LogP contribution in [-0.4, -0.2) is 26.6 Å². The Morgan fingerprint density at radius 3 is 2.85 bits per heavy atom. The maximum Gasteiger partial charge on any atom is 0.250 e. The van der Waals surface area contributed by atoms with Crippen LogP contribution in [0.25, 0.3) is 0 Å². The molecule has 0 spiro atoms. The van der Waals surface area contributed by atoms with Gasteiger partial charge in [-0.2, -0.15) is 4.98 Å². The highest BCUT2D eigenvalue weighted by atomic mass is 16.2. The molecular weight excluding hydrogens is 258 g/mol. The van der Waals surface area contributed by atoms with Crippen LogP contribution >= 0.6 is 0 Å². The molecule has 0 aliphatic carbocycles. The Balaban J connectivity index is 2.01. The smallest absolute Gasteiger partial charge is 0.250 e. The van der Waals surface area contributed by atoms with Crippen molar-refractivity contribution < 1.29 is 9.59 Å². The molecule has 0 bridgehead atoms. The summed E-state index contributed by atoms with van der Waals surface area (Å²) in [6.45, 7) is 1.38. The highest BCUT2D eigenvalue weighted by molar-refractivity contribution is 5.92. The lowest BCUT2D eigenvalue weighted by Crippen LogP contribution is -2.29. The fourth-order valence-corrected chi connectivity index (χ4v) is 2.21. The highest BCUT2D eigenvalue weighted by Gasteiger charge is 2.29. The van der Waals surface area contributed by atoms with Crippen LogP contribution in [-0.2, 0) is 9.59 Å². The third kappa shape index (κ3) is 2.25. The van der Waals surface area contributed by atoms with Gasteiger partial charge < -0.3 is 0 Å². The topological polar surface area (TPSA) is 88.9 Å². The largest absolute Gasteiger partial charge is 0.295 e. The first-order chi connectivity index (χ1) is 9.63. The summed E-state index contributed by atoms with van der Waals surface area (Å²) in [6, 6.07) is 9.40. The lowest BCUT2D eigenvalue weighted by atomic mass is 10.0. The van der Waals surface area contributed by atoms with Gasteiger partial charge in [0.2, 0.25) is 17.8 Å². The molecule has 2 N–H and O–H groups in total. The summed E-state index contributed by atoms with van der Waals surface area (Å²) in [7, 11) is 0. The molecule has 2 amide bonds. The highest BCUT2D eigenvalue weighted by Crippen LogP contribution is 2.29. The fraction of sp³-hybridized carbons (Fsp3) is 0.231. The third-order valence-electron chi connectivity index (χ3n) is 3.03. The minimum atomic E-state index is -0.254. The Kier molecular flexibility index (Phi) is 2.94. The molecule has 7 nitrogen and oxygen atoms in total. The van der Waals surface area contributed by atoms with Crippen molar-refractivity contribution in [2.24, 2.45) is 0 Å². The van der Waals surface area contributed by atoms with E-state index in [-0.39, 0.29) is 23.8 Å². The Morgan fingerprint density at radius 2 is 2.15 bits per heavy atom. The molecule has 0 fully saturated rings. The Hall–Kier alpha value is -2.70. The summed E-state index contributed by atoms with van der Waals surface area (Å²) in [5.41, 5.74) is 0.975. The first-order valence-corrected chi connectivity index (χ1v) is 6.22. The summed E-state index contributed by atoms with van der Waals surface area (Å²) in [6.07, 6.45) is 0.292. The van der Waals surface area contributed by atoms with E-state index in [1.165, 1.54) is 6.92 Å². The molecule has 102 valence electrons. The number of hydrogen-bond donors (Lipinski definition) is 2. The first-order valence-electron chi connectivity index (χ1n) is 6.22. The van der Waals surface area contributed by atoms with Gasteiger partial charge in [-0.3, -0.25) is 20.2 Å². The quantitative estimate of drug-likeness (QED) is 0.858. The number of carbonyl (C=O) groups excluding carboxylic acids is 2. The van der Waals surface area contributed by atoms with Gasteiger partial charge in [-0.25, -0.2) is 4.68 Å². The summed E-state index contributed by atoms with van der Waals surface area (Å²) in [4.78, 5) is 26.9. The number of carbonyl (C=O) groups is 2. The van der Waals surface area contributed by atoms with Crippen molar-refractivity contribution in [3.8, 4) is 0 Å². The van der Waals surface area contributed by atoms with Crippen LogP contribution in [0.1, 0.15) is 24.9 Å². The number of fused-ring (bicyclic) bond motifs is 1. The Bertz CT molecular complexity index is 665. The average Bonchev–Trinajstić information content (AvgIpc) is 2.79. The summed E-state index contributed by atoms with van der Waals surface area (Å²) in [5.74, 6) is 0.165. The lowest BCUT2D eigenvalue weighted by molar-refractivity contribution is -0.117. The standard InChI is InChI=1S/C13H13N5O2/c1-8(19)14-12-16-13-15-11(20)7-10(18(13)17-12)9-5-3-2-4-6-9/h2-6,10H,7H2,1H3,(H2,14,15,16,17,19,20)/t10-/m1/s1. The maximum atomic E-state index is 11.8. The second-order valence-corrected chi connectivity index (χ2v) is 4.56. The average molecular weight is 271 g/mol. The Labute approximate surface area is 115 Å².